The van der Waals surface area contributed by atoms with Gasteiger partial charge in [-0.25, -0.2) is 4.68 Å². The molecule has 2 aromatic heterocycles. The minimum Gasteiger partial charge on any atom is -0.469 e. The van der Waals surface area contributed by atoms with Crippen molar-refractivity contribution in [2.75, 3.05) is 5.32 Å². The van der Waals surface area contributed by atoms with Crippen LogP contribution in [0, 0.1) is 6.92 Å². The molecule has 0 fully saturated rings. The number of anilines is 1. The molecule has 27 heavy (non-hydrogen) atoms. The highest BCUT2D eigenvalue weighted by atomic mass is 35.5. The molecule has 0 amide bonds. The summed E-state index contributed by atoms with van der Waals surface area (Å²) in [7, 11) is 0. The van der Waals surface area contributed by atoms with Gasteiger partial charge in [-0.3, -0.25) is 4.79 Å². The molecule has 3 heterocycles. The Morgan fingerprint density at radius 2 is 2.04 bits per heavy atom. The normalized spacial score (nSPS) is 21.6. The van der Waals surface area contributed by atoms with Gasteiger partial charge in [0.15, 0.2) is 5.78 Å². The monoisotopic (exact) mass is 380 g/mol. The number of aryl methyl sites for hydroxylation is 1. The zero-order valence-corrected chi connectivity index (χ0v) is 15.4. The van der Waals surface area contributed by atoms with Crippen molar-refractivity contribution in [2.45, 2.75) is 31.7 Å². The van der Waals surface area contributed by atoms with Gasteiger partial charge in [0, 0.05) is 28.6 Å². The molecule has 6 nitrogen and oxygen atoms in total. The first-order valence-corrected chi connectivity index (χ1v) is 9.23. The van der Waals surface area contributed by atoms with Crippen LogP contribution in [0.1, 0.15) is 41.9 Å². The topological polar surface area (TPSA) is 73.0 Å². The summed E-state index contributed by atoms with van der Waals surface area (Å²) in [6.45, 7) is 1.85. The Kier molecular flexibility index (Phi) is 3.68. The Bertz CT molecular complexity index is 1050. The van der Waals surface area contributed by atoms with E-state index in [0.29, 0.717) is 29.6 Å². The molecule has 2 aliphatic rings. The van der Waals surface area contributed by atoms with E-state index in [1.165, 1.54) is 0 Å². The van der Waals surface area contributed by atoms with Gasteiger partial charge in [-0.15, -0.1) is 0 Å². The van der Waals surface area contributed by atoms with Crippen LogP contribution in [0.4, 0.5) is 5.95 Å². The van der Waals surface area contributed by atoms with Crippen molar-refractivity contribution in [3.63, 3.8) is 0 Å². The Balaban J connectivity index is 1.63. The quantitative estimate of drug-likeness (QED) is 0.719. The number of ketones is 1. The molecule has 1 aliphatic heterocycles. The van der Waals surface area contributed by atoms with Gasteiger partial charge in [-0.2, -0.15) is 10.1 Å². The molecular weight excluding hydrogens is 364 g/mol. The molecular formula is C20H17ClN4O2. The van der Waals surface area contributed by atoms with Gasteiger partial charge >= 0.3 is 0 Å². The molecule has 1 aromatic carbocycles. The number of halogens is 1. The second kappa shape index (κ2) is 6.09. The maximum absolute atomic E-state index is 13.2. The molecule has 1 N–H and O–H groups in total. The lowest BCUT2D eigenvalue weighted by atomic mass is 9.79. The summed E-state index contributed by atoms with van der Waals surface area (Å²) in [4.78, 5) is 17.7. The number of hydrogen-bond donors (Lipinski definition) is 1. The predicted octanol–water partition coefficient (Wildman–Crippen LogP) is 4.25. The third-order valence-electron chi connectivity index (χ3n) is 5.16. The van der Waals surface area contributed by atoms with E-state index >= 15 is 0 Å². The summed E-state index contributed by atoms with van der Waals surface area (Å²) in [5.74, 6) is 2.28. The summed E-state index contributed by atoms with van der Waals surface area (Å²) in [5.41, 5.74) is 2.61. The summed E-state index contributed by atoms with van der Waals surface area (Å²) >= 11 is 6.06. The van der Waals surface area contributed by atoms with Gasteiger partial charge in [0.2, 0.25) is 5.95 Å². The molecule has 3 aromatic rings. The summed E-state index contributed by atoms with van der Waals surface area (Å²) in [6, 6.07) is 11.0. The van der Waals surface area contributed by atoms with Crippen LogP contribution in [0.15, 0.2) is 58.3 Å². The third-order valence-corrected chi connectivity index (χ3v) is 5.41. The largest absolute Gasteiger partial charge is 0.469 e. The van der Waals surface area contributed by atoms with Crippen LogP contribution in [0.3, 0.4) is 0 Å². The highest BCUT2D eigenvalue weighted by molar-refractivity contribution is 6.30. The third kappa shape index (κ3) is 2.68. The predicted molar refractivity (Wildman–Crippen MR) is 101 cm³/mol. The molecule has 0 spiro atoms. The fraction of sp³-hybridized carbons (Fsp3) is 0.250. The van der Waals surface area contributed by atoms with Gasteiger partial charge in [-0.05, 0) is 43.2 Å². The van der Waals surface area contributed by atoms with Crippen molar-refractivity contribution < 1.29 is 9.21 Å². The smallest absolute Gasteiger partial charge is 0.226 e. The number of benzene rings is 1. The number of allylic oxidation sites excluding steroid dienone is 2. The average molecular weight is 381 g/mol. The van der Waals surface area contributed by atoms with Gasteiger partial charge in [0.05, 0.1) is 6.26 Å². The van der Waals surface area contributed by atoms with Crippen LogP contribution in [-0.4, -0.2) is 20.5 Å². The number of nitrogens with one attached hydrogen (secondary N) is 1. The summed E-state index contributed by atoms with van der Waals surface area (Å²) in [6.07, 6.45) is 2.76. The van der Waals surface area contributed by atoms with E-state index in [9.17, 15) is 4.79 Å². The molecule has 0 bridgehead atoms. The number of rotatable bonds is 2. The van der Waals surface area contributed by atoms with Crippen molar-refractivity contribution in [2.24, 2.45) is 0 Å². The highest BCUT2D eigenvalue weighted by Crippen LogP contribution is 2.44. The maximum atomic E-state index is 13.2. The Labute approximate surface area is 160 Å². The molecule has 2 atom stereocenters. The van der Waals surface area contributed by atoms with E-state index in [-0.39, 0.29) is 17.7 Å². The van der Waals surface area contributed by atoms with Crippen LogP contribution >= 0.6 is 11.6 Å². The Morgan fingerprint density at radius 3 is 2.78 bits per heavy atom. The second-order valence-corrected chi connectivity index (χ2v) is 7.38. The molecule has 136 valence electrons. The van der Waals surface area contributed by atoms with Gasteiger partial charge in [0.25, 0.3) is 0 Å². The molecule has 0 radical (unpaired) electrons. The minimum atomic E-state index is -0.306. The number of Topliss-reactive ketones (excluding diaryl/α,β-unsaturated/α-hetero) is 1. The number of nitrogens with zero attached hydrogens (tertiary/aromatic N) is 3. The van der Waals surface area contributed by atoms with E-state index in [4.69, 9.17) is 16.0 Å². The average Bonchev–Trinajstić information content (AvgIpc) is 3.29. The van der Waals surface area contributed by atoms with Gasteiger partial charge in [0.1, 0.15) is 17.6 Å². The first kappa shape index (κ1) is 16.3. The van der Waals surface area contributed by atoms with Gasteiger partial charge < -0.3 is 9.73 Å². The second-order valence-electron chi connectivity index (χ2n) is 6.94. The van der Waals surface area contributed by atoms with Crippen molar-refractivity contribution in [1.82, 2.24) is 14.8 Å². The molecule has 5 rings (SSSR count). The first-order chi connectivity index (χ1) is 13.1. The van der Waals surface area contributed by atoms with Gasteiger partial charge in [-0.1, -0.05) is 23.7 Å². The lowest BCUT2D eigenvalue weighted by molar-refractivity contribution is -0.117. The first-order valence-electron chi connectivity index (χ1n) is 8.85. The summed E-state index contributed by atoms with van der Waals surface area (Å²) < 4.78 is 7.34. The lowest BCUT2D eigenvalue weighted by Gasteiger charge is -2.34. The van der Waals surface area contributed by atoms with Crippen LogP contribution in [0.5, 0.6) is 0 Å². The zero-order valence-electron chi connectivity index (χ0n) is 14.6. The SMILES string of the molecule is Cc1nc2n(n1)[C@@H](c1ccc(Cl)cc1)C1=C(C[C@H](c3ccco3)CC1=O)N2. The minimum absolute atomic E-state index is 0.0280. The number of furan rings is 1. The van der Waals surface area contributed by atoms with Crippen LogP contribution in [0.2, 0.25) is 5.02 Å². The summed E-state index contributed by atoms with van der Waals surface area (Å²) in [5, 5.41) is 8.52. The Hall–Kier alpha value is -2.86. The molecule has 1 aliphatic carbocycles. The van der Waals surface area contributed by atoms with E-state index in [2.05, 4.69) is 15.4 Å². The van der Waals surface area contributed by atoms with Crippen LogP contribution in [0.25, 0.3) is 0 Å². The lowest BCUT2D eigenvalue weighted by Crippen LogP contribution is -2.33. The standard InChI is InChI=1S/C20H17ClN4O2/c1-11-22-20-23-15-9-13(17-3-2-8-27-17)10-16(26)18(15)19(25(20)24-11)12-4-6-14(21)7-5-12/h2-8,13,19H,9-10H2,1H3,(H,22,23,24)/t13-,19-/m0/s1. The number of fused-ring (bicyclic) bond motifs is 1. The fourth-order valence-corrected chi connectivity index (χ4v) is 4.12. The molecule has 7 heteroatoms. The van der Waals surface area contributed by atoms with Crippen molar-refractivity contribution in [1.29, 1.82) is 0 Å². The molecule has 0 unspecified atom stereocenters. The maximum Gasteiger partial charge on any atom is 0.226 e. The Morgan fingerprint density at radius 1 is 1.22 bits per heavy atom. The molecule has 0 saturated heterocycles. The van der Waals surface area contributed by atoms with Crippen molar-refractivity contribution in [3.05, 3.63) is 76.1 Å². The van der Waals surface area contributed by atoms with E-state index < -0.39 is 0 Å². The zero-order chi connectivity index (χ0) is 18.5. The number of aromatic nitrogens is 3. The van der Waals surface area contributed by atoms with E-state index in [1.54, 1.807) is 10.9 Å². The number of carbonyl (C=O) groups is 1. The van der Waals surface area contributed by atoms with Crippen LogP contribution in [-0.2, 0) is 4.79 Å². The van der Waals surface area contributed by atoms with Crippen molar-refractivity contribution >= 4 is 23.3 Å². The van der Waals surface area contributed by atoms with E-state index in [0.717, 1.165) is 22.6 Å². The molecule has 0 saturated carbocycles. The highest BCUT2D eigenvalue weighted by Gasteiger charge is 2.40. The number of carbonyl (C=O) groups excluding carboxylic acids is 1. The number of hydrogen-bond acceptors (Lipinski definition) is 5. The fourth-order valence-electron chi connectivity index (χ4n) is 4.00. The van der Waals surface area contributed by atoms with Crippen molar-refractivity contribution in [3.8, 4) is 0 Å². The van der Waals surface area contributed by atoms with E-state index in [1.807, 2.05) is 43.3 Å². The van der Waals surface area contributed by atoms with Crippen LogP contribution < -0.4 is 5.32 Å².